The van der Waals surface area contributed by atoms with Crippen LogP contribution in [0.2, 0.25) is 0 Å². The summed E-state index contributed by atoms with van der Waals surface area (Å²) >= 11 is 0. The van der Waals surface area contributed by atoms with Crippen LogP contribution < -0.4 is 0 Å². The van der Waals surface area contributed by atoms with E-state index in [0.29, 0.717) is 11.1 Å². The van der Waals surface area contributed by atoms with Gasteiger partial charge in [-0.3, -0.25) is 0 Å². The zero-order chi connectivity index (χ0) is 20.3. The normalized spacial score (nSPS) is 22.4. The highest BCUT2D eigenvalue weighted by molar-refractivity contribution is 6.07. The van der Waals surface area contributed by atoms with E-state index in [9.17, 15) is 9.59 Å². The van der Waals surface area contributed by atoms with E-state index in [0.717, 1.165) is 22.3 Å². The highest BCUT2D eigenvalue weighted by Crippen LogP contribution is 2.65. The topological polar surface area (TPSA) is 52.6 Å². The largest absolute Gasteiger partial charge is 0.466 e. The first-order valence-corrected chi connectivity index (χ1v) is 9.40. The minimum Gasteiger partial charge on any atom is -0.466 e. The van der Waals surface area contributed by atoms with E-state index in [-0.39, 0.29) is 5.92 Å². The van der Waals surface area contributed by atoms with Gasteiger partial charge in [0.25, 0.3) is 0 Å². The smallest absolute Gasteiger partial charge is 0.335 e. The second-order valence-corrected chi connectivity index (χ2v) is 8.38. The molecule has 0 radical (unpaired) electrons. The Morgan fingerprint density at radius 2 is 1.29 bits per heavy atom. The Kier molecular flexibility index (Phi) is 4.00. The molecule has 0 saturated heterocycles. The van der Waals surface area contributed by atoms with E-state index < -0.39 is 22.8 Å². The quantitative estimate of drug-likeness (QED) is 0.740. The molecule has 0 heterocycles. The minimum atomic E-state index is -0.814. The zero-order valence-corrected chi connectivity index (χ0v) is 16.8. The number of benzene rings is 2. The molecule has 28 heavy (non-hydrogen) atoms. The summed E-state index contributed by atoms with van der Waals surface area (Å²) in [5.74, 6) is -1.31. The third-order valence-electron chi connectivity index (χ3n) is 6.20. The van der Waals surface area contributed by atoms with Crippen molar-refractivity contribution in [2.24, 2.45) is 5.41 Å². The molecule has 3 aliphatic rings. The van der Waals surface area contributed by atoms with Crippen molar-refractivity contribution in [2.45, 2.75) is 32.1 Å². The van der Waals surface area contributed by atoms with Crippen molar-refractivity contribution in [3.8, 4) is 0 Å². The van der Waals surface area contributed by atoms with Crippen LogP contribution in [0.4, 0.5) is 0 Å². The molecule has 0 fully saturated rings. The van der Waals surface area contributed by atoms with Gasteiger partial charge in [-0.2, -0.15) is 0 Å². The van der Waals surface area contributed by atoms with E-state index in [1.165, 1.54) is 14.2 Å². The lowest BCUT2D eigenvalue weighted by atomic mass is 9.45. The Morgan fingerprint density at radius 3 is 1.71 bits per heavy atom. The van der Waals surface area contributed by atoms with Crippen LogP contribution >= 0.6 is 0 Å². The van der Waals surface area contributed by atoms with Gasteiger partial charge in [0.15, 0.2) is 0 Å². The van der Waals surface area contributed by atoms with Gasteiger partial charge in [0, 0.05) is 5.92 Å². The van der Waals surface area contributed by atoms with Gasteiger partial charge >= 0.3 is 11.9 Å². The van der Waals surface area contributed by atoms with E-state index in [4.69, 9.17) is 9.47 Å². The van der Waals surface area contributed by atoms with Crippen LogP contribution in [0, 0.1) is 5.41 Å². The van der Waals surface area contributed by atoms with Crippen molar-refractivity contribution in [2.75, 3.05) is 14.2 Å². The first kappa shape index (κ1) is 18.5. The van der Waals surface area contributed by atoms with Gasteiger partial charge in [-0.15, -0.1) is 0 Å². The van der Waals surface area contributed by atoms with Gasteiger partial charge in [0.2, 0.25) is 0 Å². The van der Waals surface area contributed by atoms with E-state index >= 15 is 0 Å². The lowest BCUT2D eigenvalue weighted by Crippen LogP contribution is -2.53. The number of esters is 2. The summed E-state index contributed by atoms with van der Waals surface area (Å²) in [6.45, 7) is 6.30. The molecule has 4 heteroatoms. The molecule has 0 unspecified atom stereocenters. The summed E-state index contributed by atoms with van der Waals surface area (Å²) in [6, 6.07) is 16.2. The third kappa shape index (κ3) is 2.06. The second kappa shape index (κ2) is 6.06. The monoisotopic (exact) mass is 376 g/mol. The van der Waals surface area contributed by atoms with Crippen molar-refractivity contribution in [3.05, 3.63) is 81.9 Å². The predicted octanol–water partition coefficient (Wildman–Crippen LogP) is 4.12. The highest BCUT2D eigenvalue weighted by Gasteiger charge is 2.61. The summed E-state index contributed by atoms with van der Waals surface area (Å²) < 4.78 is 10.4. The average molecular weight is 376 g/mol. The summed E-state index contributed by atoms with van der Waals surface area (Å²) in [7, 11) is 2.72. The zero-order valence-electron chi connectivity index (χ0n) is 16.8. The summed E-state index contributed by atoms with van der Waals surface area (Å²) in [6.07, 6.45) is 0. The summed E-state index contributed by atoms with van der Waals surface area (Å²) in [5.41, 5.74) is 3.77. The van der Waals surface area contributed by atoms with Gasteiger partial charge in [-0.1, -0.05) is 69.3 Å². The van der Waals surface area contributed by atoms with Crippen molar-refractivity contribution < 1.29 is 19.1 Å². The molecular weight excluding hydrogens is 352 g/mol. The molecule has 4 nitrogen and oxygen atoms in total. The predicted molar refractivity (Wildman–Crippen MR) is 106 cm³/mol. The number of methoxy groups -OCH3 is 2. The molecule has 0 N–H and O–H groups in total. The van der Waals surface area contributed by atoms with Crippen LogP contribution in [0.25, 0.3) is 0 Å². The minimum absolute atomic E-state index is 0.349. The molecule has 144 valence electrons. The Hall–Kier alpha value is -2.88. The highest BCUT2D eigenvalue weighted by atomic mass is 16.5. The maximum absolute atomic E-state index is 13.2. The van der Waals surface area contributed by atoms with Crippen LogP contribution in [0.1, 0.15) is 48.9 Å². The standard InChI is InChI=1S/C24H24O4/c1-23(2,3)24-16-12-8-6-10-14(16)18(15-11-7-9-13-17(15)24)19(21(25)27-4)20(24)22(26)28-5/h6-13,18H,1-5H3. The number of rotatable bonds is 2. The molecule has 0 atom stereocenters. The number of hydrogen-bond acceptors (Lipinski definition) is 4. The SMILES string of the molecule is COC(=O)C1=C(C(=O)OC)C2(C(C)(C)C)c3ccccc3C1c1ccccc12. The molecule has 0 amide bonds. The van der Waals surface area contributed by atoms with Crippen LogP contribution in [0.5, 0.6) is 0 Å². The molecule has 0 spiro atoms. The maximum atomic E-state index is 13.2. The number of ether oxygens (including phenoxy) is 2. The molecule has 5 rings (SSSR count). The average Bonchev–Trinajstić information content (AvgIpc) is 2.70. The van der Waals surface area contributed by atoms with E-state index in [2.05, 4.69) is 32.9 Å². The first-order chi connectivity index (χ1) is 13.3. The van der Waals surface area contributed by atoms with E-state index in [1.807, 2.05) is 36.4 Å². The fraction of sp³-hybridized carbons (Fsp3) is 0.333. The Bertz CT molecular complexity index is 975. The summed E-state index contributed by atoms with van der Waals surface area (Å²) in [4.78, 5) is 26.2. The lowest BCUT2D eigenvalue weighted by Gasteiger charge is -2.56. The lowest BCUT2D eigenvalue weighted by molar-refractivity contribution is -0.140. The molecule has 2 aromatic carbocycles. The van der Waals surface area contributed by atoms with Crippen LogP contribution in [-0.4, -0.2) is 26.2 Å². The van der Waals surface area contributed by atoms with Crippen LogP contribution in [0.15, 0.2) is 59.7 Å². The van der Waals surface area contributed by atoms with Crippen molar-refractivity contribution in [3.63, 3.8) is 0 Å². The molecular formula is C24H24O4. The molecule has 2 bridgehead atoms. The fourth-order valence-corrected chi connectivity index (χ4v) is 5.30. The molecule has 0 aliphatic heterocycles. The van der Waals surface area contributed by atoms with Crippen molar-refractivity contribution in [1.82, 2.24) is 0 Å². The Morgan fingerprint density at radius 1 is 0.821 bits per heavy atom. The molecule has 3 aliphatic carbocycles. The van der Waals surface area contributed by atoms with Crippen molar-refractivity contribution in [1.29, 1.82) is 0 Å². The van der Waals surface area contributed by atoms with Crippen LogP contribution in [0.3, 0.4) is 0 Å². The van der Waals surface area contributed by atoms with Crippen LogP contribution in [-0.2, 0) is 24.5 Å². The van der Waals surface area contributed by atoms with Gasteiger partial charge in [0.05, 0.1) is 30.8 Å². The van der Waals surface area contributed by atoms with Gasteiger partial charge in [-0.05, 0) is 27.7 Å². The molecule has 0 saturated carbocycles. The van der Waals surface area contributed by atoms with E-state index in [1.54, 1.807) is 0 Å². The first-order valence-electron chi connectivity index (χ1n) is 9.40. The van der Waals surface area contributed by atoms with Gasteiger partial charge in [0.1, 0.15) is 0 Å². The number of carbonyl (C=O) groups is 2. The number of hydrogen-bond donors (Lipinski definition) is 0. The maximum Gasteiger partial charge on any atom is 0.335 e. The molecule has 2 aromatic rings. The molecule has 0 aromatic heterocycles. The number of carbonyl (C=O) groups excluding carboxylic acids is 2. The Balaban J connectivity index is 2.27. The fourth-order valence-electron chi connectivity index (χ4n) is 5.30. The Labute approximate surface area is 165 Å². The van der Waals surface area contributed by atoms with Gasteiger partial charge in [-0.25, -0.2) is 9.59 Å². The second-order valence-electron chi connectivity index (χ2n) is 8.38. The van der Waals surface area contributed by atoms with Crippen molar-refractivity contribution >= 4 is 11.9 Å². The van der Waals surface area contributed by atoms with Gasteiger partial charge < -0.3 is 9.47 Å². The summed E-state index contributed by atoms with van der Waals surface area (Å²) in [5, 5.41) is 0. The third-order valence-corrected chi connectivity index (χ3v) is 6.20.